The van der Waals surface area contributed by atoms with Crippen LogP contribution in [-0.2, 0) is 0 Å². The molecule has 0 aliphatic heterocycles. The van der Waals surface area contributed by atoms with Crippen LogP contribution in [0.1, 0.15) is 0 Å². The van der Waals surface area contributed by atoms with Gasteiger partial charge in [-0.05, 0) is 24.3 Å². The number of benzene rings is 2. The van der Waals surface area contributed by atoms with Gasteiger partial charge in [-0.3, -0.25) is 10.1 Å². The van der Waals surface area contributed by atoms with Crippen LogP contribution in [0.3, 0.4) is 0 Å². The average Bonchev–Trinajstić information content (AvgIpc) is 2.33. The van der Waals surface area contributed by atoms with E-state index < -0.39 is 4.92 Å². The lowest BCUT2D eigenvalue weighted by molar-refractivity contribution is -0.384. The molecule has 19 heavy (non-hydrogen) atoms. The van der Waals surface area contributed by atoms with Gasteiger partial charge >= 0.3 is 0 Å². The number of halogens is 2. The van der Waals surface area contributed by atoms with E-state index in [1.54, 1.807) is 24.3 Å². The zero-order valence-corrected chi connectivity index (χ0v) is 11.1. The van der Waals surface area contributed by atoms with Gasteiger partial charge in [0.25, 0.3) is 5.69 Å². The second-order valence-electron chi connectivity index (χ2n) is 3.82. The molecule has 0 fully saturated rings. The normalized spacial score (nSPS) is 10.2. The summed E-state index contributed by atoms with van der Waals surface area (Å²) >= 11 is 11.7. The predicted molar refractivity (Wildman–Crippen MR) is 77.3 cm³/mol. The van der Waals surface area contributed by atoms with Crippen LogP contribution in [0.15, 0.2) is 36.4 Å². The minimum absolute atomic E-state index is 0.0810. The van der Waals surface area contributed by atoms with Gasteiger partial charge in [-0.25, -0.2) is 0 Å². The summed E-state index contributed by atoms with van der Waals surface area (Å²) < 4.78 is 0. The number of anilines is 3. The third-order valence-corrected chi connectivity index (χ3v) is 3.10. The average molecular weight is 298 g/mol. The Morgan fingerprint density at radius 2 is 1.79 bits per heavy atom. The van der Waals surface area contributed by atoms with Crippen molar-refractivity contribution in [2.45, 2.75) is 0 Å². The molecule has 2 aromatic carbocycles. The number of non-ortho nitro benzene ring substituents is 1. The molecule has 2 aromatic rings. The van der Waals surface area contributed by atoms with Crippen molar-refractivity contribution in [2.24, 2.45) is 0 Å². The summed E-state index contributed by atoms with van der Waals surface area (Å²) in [6.07, 6.45) is 0. The van der Waals surface area contributed by atoms with E-state index in [0.717, 1.165) is 0 Å². The van der Waals surface area contributed by atoms with Crippen molar-refractivity contribution in [2.75, 3.05) is 11.1 Å². The molecule has 2 rings (SSSR count). The molecule has 0 aliphatic rings. The largest absolute Gasteiger partial charge is 0.398 e. The fourth-order valence-electron chi connectivity index (χ4n) is 1.55. The highest BCUT2D eigenvalue weighted by Gasteiger charge is 2.09. The molecule has 0 aromatic heterocycles. The minimum atomic E-state index is -0.504. The topological polar surface area (TPSA) is 81.2 Å². The highest BCUT2D eigenvalue weighted by atomic mass is 35.5. The Kier molecular flexibility index (Phi) is 3.78. The summed E-state index contributed by atoms with van der Waals surface area (Å²) in [7, 11) is 0. The first-order valence-electron chi connectivity index (χ1n) is 5.23. The van der Waals surface area contributed by atoms with Crippen molar-refractivity contribution >= 4 is 46.0 Å². The van der Waals surface area contributed by atoms with E-state index in [4.69, 9.17) is 28.9 Å². The Morgan fingerprint density at radius 3 is 2.42 bits per heavy atom. The van der Waals surface area contributed by atoms with Crippen molar-refractivity contribution in [3.05, 3.63) is 56.6 Å². The van der Waals surface area contributed by atoms with Crippen LogP contribution in [0.5, 0.6) is 0 Å². The Bertz CT molecular complexity index is 647. The number of nitrogens with one attached hydrogen (secondary N) is 1. The highest BCUT2D eigenvalue weighted by molar-refractivity contribution is 6.42. The van der Waals surface area contributed by atoms with E-state index in [9.17, 15) is 10.1 Å². The second kappa shape index (κ2) is 5.34. The van der Waals surface area contributed by atoms with Crippen LogP contribution in [0, 0.1) is 10.1 Å². The monoisotopic (exact) mass is 297 g/mol. The molecule has 98 valence electrons. The molecule has 7 heteroatoms. The maximum Gasteiger partial charge on any atom is 0.273 e. The molecule has 0 saturated heterocycles. The number of nitro groups is 1. The van der Waals surface area contributed by atoms with Crippen molar-refractivity contribution in [1.82, 2.24) is 0 Å². The summed E-state index contributed by atoms with van der Waals surface area (Å²) in [6.45, 7) is 0. The molecule has 0 heterocycles. The van der Waals surface area contributed by atoms with Gasteiger partial charge in [0.05, 0.1) is 15.0 Å². The maximum atomic E-state index is 10.7. The molecule has 0 spiro atoms. The lowest BCUT2D eigenvalue weighted by atomic mass is 10.2. The lowest BCUT2D eigenvalue weighted by Crippen LogP contribution is -1.96. The van der Waals surface area contributed by atoms with E-state index in [1.165, 1.54) is 12.1 Å². The molecule has 5 nitrogen and oxygen atoms in total. The highest BCUT2D eigenvalue weighted by Crippen LogP contribution is 2.29. The molecule has 0 radical (unpaired) electrons. The van der Waals surface area contributed by atoms with Crippen LogP contribution in [0.2, 0.25) is 10.0 Å². The first-order valence-corrected chi connectivity index (χ1v) is 5.98. The summed E-state index contributed by atoms with van der Waals surface area (Å²) in [6, 6.07) is 9.24. The third kappa shape index (κ3) is 3.27. The SMILES string of the molecule is Nc1cc(Nc2ccc(Cl)c(Cl)c2)cc([N+](=O)[O-])c1. The van der Waals surface area contributed by atoms with Crippen LogP contribution < -0.4 is 11.1 Å². The Morgan fingerprint density at radius 1 is 1.05 bits per heavy atom. The number of rotatable bonds is 3. The minimum Gasteiger partial charge on any atom is -0.398 e. The van der Waals surface area contributed by atoms with E-state index in [0.29, 0.717) is 27.1 Å². The van der Waals surface area contributed by atoms with Gasteiger partial charge < -0.3 is 11.1 Å². The van der Waals surface area contributed by atoms with Crippen molar-refractivity contribution in [3.8, 4) is 0 Å². The Balaban J connectivity index is 2.32. The summed E-state index contributed by atoms with van der Waals surface area (Å²) in [5, 5.41) is 14.6. The number of nitrogens with two attached hydrogens (primary N) is 1. The summed E-state index contributed by atoms with van der Waals surface area (Å²) in [5.41, 5.74) is 7.00. The van der Waals surface area contributed by atoms with Crippen molar-refractivity contribution < 1.29 is 4.92 Å². The van der Waals surface area contributed by atoms with Gasteiger partial charge in [-0.2, -0.15) is 0 Å². The Hall–Kier alpha value is -1.98. The molecule has 0 bridgehead atoms. The molecule has 0 aliphatic carbocycles. The maximum absolute atomic E-state index is 10.7. The number of nitrogen functional groups attached to an aromatic ring is 1. The van der Waals surface area contributed by atoms with Gasteiger partial charge in [0.1, 0.15) is 0 Å². The number of hydrogen-bond donors (Lipinski definition) is 2. The molecular weight excluding hydrogens is 289 g/mol. The van der Waals surface area contributed by atoms with Crippen LogP contribution in [0.4, 0.5) is 22.7 Å². The summed E-state index contributed by atoms with van der Waals surface area (Å²) in [4.78, 5) is 10.2. The van der Waals surface area contributed by atoms with E-state index in [1.807, 2.05) is 0 Å². The molecule has 0 amide bonds. The smallest absolute Gasteiger partial charge is 0.273 e. The van der Waals surface area contributed by atoms with Gasteiger partial charge in [0.15, 0.2) is 0 Å². The lowest BCUT2D eigenvalue weighted by Gasteiger charge is -2.08. The fourth-order valence-corrected chi connectivity index (χ4v) is 1.85. The van der Waals surface area contributed by atoms with E-state index >= 15 is 0 Å². The van der Waals surface area contributed by atoms with Gasteiger partial charge in [0, 0.05) is 29.2 Å². The third-order valence-electron chi connectivity index (χ3n) is 2.36. The molecular formula is C12H9Cl2N3O2. The molecule has 3 N–H and O–H groups in total. The zero-order valence-electron chi connectivity index (χ0n) is 9.56. The Labute approximate surface area is 119 Å². The quantitative estimate of drug-likeness (QED) is 0.505. The van der Waals surface area contributed by atoms with Gasteiger partial charge in [0.2, 0.25) is 0 Å². The van der Waals surface area contributed by atoms with Gasteiger partial charge in [-0.1, -0.05) is 23.2 Å². The van der Waals surface area contributed by atoms with Crippen LogP contribution in [-0.4, -0.2) is 4.92 Å². The first-order chi connectivity index (χ1) is 8.95. The van der Waals surface area contributed by atoms with E-state index in [2.05, 4.69) is 5.32 Å². The number of hydrogen-bond acceptors (Lipinski definition) is 4. The fraction of sp³-hybridized carbons (Fsp3) is 0. The molecule has 0 unspecified atom stereocenters. The first kappa shape index (κ1) is 13.5. The predicted octanol–water partition coefficient (Wildman–Crippen LogP) is 4.23. The number of nitro benzene ring substituents is 1. The second-order valence-corrected chi connectivity index (χ2v) is 4.64. The molecule has 0 saturated carbocycles. The summed E-state index contributed by atoms with van der Waals surface area (Å²) in [5.74, 6) is 0. The van der Waals surface area contributed by atoms with E-state index in [-0.39, 0.29) is 5.69 Å². The zero-order chi connectivity index (χ0) is 14.0. The van der Waals surface area contributed by atoms with Crippen molar-refractivity contribution in [3.63, 3.8) is 0 Å². The number of nitrogens with zero attached hydrogens (tertiary/aromatic N) is 1. The van der Waals surface area contributed by atoms with Crippen LogP contribution in [0.25, 0.3) is 0 Å². The standard InChI is InChI=1S/C12H9Cl2N3O2/c13-11-2-1-8(6-12(11)14)16-9-3-7(15)4-10(5-9)17(18)19/h1-6,16H,15H2. The van der Waals surface area contributed by atoms with Gasteiger partial charge in [-0.15, -0.1) is 0 Å². The molecule has 0 atom stereocenters. The van der Waals surface area contributed by atoms with Crippen molar-refractivity contribution in [1.29, 1.82) is 0 Å². The van der Waals surface area contributed by atoms with Crippen LogP contribution >= 0.6 is 23.2 Å².